The van der Waals surface area contributed by atoms with Gasteiger partial charge >= 0.3 is 5.76 Å². The molecule has 0 spiro atoms. The second-order valence-corrected chi connectivity index (χ2v) is 5.94. The molecule has 2 aromatic heterocycles. The maximum atomic E-state index is 13.0. The van der Waals surface area contributed by atoms with Crippen LogP contribution in [-0.4, -0.2) is 14.7 Å². The predicted molar refractivity (Wildman–Crippen MR) is 89.5 cm³/mol. The van der Waals surface area contributed by atoms with Crippen molar-refractivity contribution in [2.45, 2.75) is 19.9 Å². The molecule has 0 atom stereocenters. The number of halogens is 1. The molecule has 0 saturated heterocycles. The number of aromatic nitrogens is 3. The van der Waals surface area contributed by atoms with Crippen LogP contribution in [0.2, 0.25) is 0 Å². The van der Waals surface area contributed by atoms with Crippen LogP contribution in [0.1, 0.15) is 19.9 Å². The Hall–Kier alpha value is -3.22. The SMILES string of the molecule is CC(C)n1c(=O)oc2cc(-c3noc(-c4ccc(F)cc4)n3)ccc21. The maximum Gasteiger partial charge on any atom is 0.420 e. The molecule has 0 unspecified atom stereocenters. The number of hydrogen-bond acceptors (Lipinski definition) is 5. The van der Waals surface area contributed by atoms with E-state index in [-0.39, 0.29) is 17.7 Å². The molecule has 4 rings (SSSR count). The zero-order chi connectivity index (χ0) is 17.6. The summed E-state index contributed by atoms with van der Waals surface area (Å²) in [6.45, 7) is 3.83. The molecule has 0 radical (unpaired) electrons. The minimum atomic E-state index is -0.401. The van der Waals surface area contributed by atoms with E-state index in [0.717, 1.165) is 0 Å². The Morgan fingerprint density at radius 1 is 1.08 bits per heavy atom. The summed E-state index contributed by atoms with van der Waals surface area (Å²) in [6, 6.07) is 11.1. The van der Waals surface area contributed by atoms with E-state index in [1.54, 1.807) is 34.9 Å². The van der Waals surface area contributed by atoms with Gasteiger partial charge in [0.15, 0.2) is 5.58 Å². The fourth-order valence-electron chi connectivity index (χ4n) is 2.72. The van der Waals surface area contributed by atoms with Gasteiger partial charge in [-0.05, 0) is 56.3 Å². The highest BCUT2D eigenvalue weighted by Gasteiger charge is 2.15. The van der Waals surface area contributed by atoms with E-state index in [1.807, 2.05) is 13.8 Å². The van der Waals surface area contributed by atoms with Crippen LogP contribution in [0.5, 0.6) is 0 Å². The van der Waals surface area contributed by atoms with Crippen molar-refractivity contribution in [2.24, 2.45) is 0 Å². The Bertz CT molecular complexity index is 1110. The number of hydrogen-bond donors (Lipinski definition) is 0. The average Bonchev–Trinajstić information content (AvgIpc) is 3.18. The van der Waals surface area contributed by atoms with Crippen molar-refractivity contribution in [3.05, 3.63) is 58.8 Å². The molecule has 4 aromatic rings. The van der Waals surface area contributed by atoms with Gasteiger partial charge in [-0.25, -0.2) is 9.18 Å². The summed E-state index contributed by atoms with van der Waals surface area (Å²) >= 11 is 0. The topological polar surface area (TPSA) is 74.1 Å². The molecular weight excluding hydrogens is 325 g/mol. The average molecular weight is 339 g/mol. The molecular formula is C18H14FN3O3. The van der Waals surface area contributed by atoms with E-state index in [2.05, 4.69) is 10.1 Å². The molecule has 2 aromatic carbocycles. The van der Waals surface area contributed by atoms with Gasteiger partial charge in [0.2, 0.25) is 5.82 Å². The van der Waals surface area contributed by atoms with Crippen LogP contribution in [0, 0.1) is 5.82 Å². The van der Waals surface area contributed by atoms with Crippen LogP contribution in [0.15, 0.2) is 56.2 Å². The minimum Gasteiger partial charge on any atom is -0.408 e. The summed E-state index contributed by atoms with van der Waals surface area (Å²) in [7, 11) is 0. The van der Waals surface area contributed by atoms with E-state index in [1.165, 1.54) is 12.1 Å². The van der Waals surface area contributed by atoms with Crippen LogP contribution in [0.25, 0.3) is 33.9 Å². The van der Waals surface area contributed by atoms with Crippen LogP contribution >= 0.6 is 0 Å². The Morgan fingerprint density at radius 3 is 2.52 bits per heavy atom. The number of fused-ring (bicyclic) bond motifs is 1. The molecule has 0 aliphatic carbocycles. The summed E-state index contributed by atoms with van der Waals surface area (Å²) in [5.74, 6) is -0.0848. The summed E-state index contributed by atoms with van der Waals surface area (Å²) in [5, 5.41) is 3.95. The smallest absolute Gasteiger partial charge is 0.408 e. The Morgan fingerprint density at radius 2 is 1.80 bits per heavy atom. The standard InChI is InChI=1S/C18H14FN3O3/c1-10(2)22-14-8-5-12(9-15(14)24-18(22)23)16-20-17(25-21-16)11-3-6-13(19)7-4-11/h3-10H,1-2H3. The summed E-state index contributed by atoms with van der Waals surface area (Å²) in [6.07, 6.45) is 0. The first-order chi connectivity index (χ1) is 12.0. The van der Waals surface area contributed by atoms with Crippen LogP contribution in [0.4, 0.5) is 4.39 Å². The Kier molecular flexibility index (Phi) is 3.49. The van der Waals surface area contributed by atoms with Gasteiger partial charge in [-0.15, -0.1) is 0 Å². The van der Waals surface area contributed by atoms with Gasteiger partial charge in [0, 0.05) is 17.2 Å². The van der Waals surface area contributed by atoms with Crippen molar-refractivity contribution in [2.75, 3.05) is 0 Å². The van der Waals surface area contributed by atoms with E-state index in [9.17, 15) is 9.18 Å². The highest BCUT2D eigenvalue weighted by molar-refractivity contribution is 5.79. The molecule has 0 saturated carbocycles. The predicted octanol–water partition coefficient (Wildman–Crippen LogP) is 4.03. The third-order valence-corrected chi connectivity index (χ3v) is 3.91. The van der Waals surface area contributed by atoms with Gasteiger partial charge < -0.3 is 8.94 Å². The second kappa shape index (κ2) is 5.70. The summed E-state index contributed by atoms with van der Waals surface area (Å²) < 4.78 is 25.1. The molecule has 0 fully saturated rings. The fourth-order valence-corrected chi connectivity index (χ4v) is 2.72. The molecule has 6 nitrogen and oxygen atoms in total. The molecule has 126 valence electrons. The van der Waals surface area contributed by atoms with Gasteiger partial charge in [-0.2, -0.15) is 4.98 Å². The zero-order valence-electron chi connectivity index (χ0n) is 13.6. The minimum absolute atomic E-state index is 0.00476. The summed E-state index contributed by atoms with van der Waals surface area (Å²) in [5.41, 5.74) is 2.46. The molecule has 2 heterocycles. The first-order valence-corrected chi connectivity index (χ1v) is 7.78. The molecule has 7 heteroatoms. The molecule has 0 bridgehead atoms. The lowest BCUT2D eigenvalue weighted by Crippen LogP contribution is -2.15. The Balaban J connectivity index is 1.75. The molecule has 0 amide bonds. The van der Waals surface area contributed by atoms with E-state index < -0.39 is 5.76 Å². The van der Waals surface area contributed by atoms with Gasteiger partial charge in [0.1, 0.15) is 5.82 Å². The normalized spacial score (nSPS) is 11.5. The van der Waals surface area contributed by atoms with Crippen molar-refractivity contribution < 1.29 is 13.3 Å². The van der Waals surface area contributed by atoms with Gasteiger partial charge in [-0.3, -0.25) is 4.57 Å². The van der Waals surface area contributed by atoms with Crippen LogP contribution in [-0.2, 0) is 0 Å². The second-order valence-electron chi connectivity index (χ2n) is 5.94. The maximum absolute atomic E-state index is 13.0. The lowest BCUT2D eigenvalue weighted by atomic mass is 10.2. The third-order valence-electron chi connectivity index (χ3n) is 3.91. The van der Waals surface area contributed by atoms with Gasteiger partial charge in [0.25, 0.3) is 5.89 Å². The van der Waals surface area contributed by atoms with Crippen molar-refractivity contribution in [1.29, 1.82) is 0 Å². The third kappa shape index (κ3) is 2.63. The summed E-state index contributed by atoms with van der Waals surface area (Å²) in [4.78, 5) is 16.3. The molecule has 0 aliphatic heterocycles. The number of oxazole rings is 1. The van der Waals surface area contributed by atoms with Gasteiger partial charge in [0.05, 0.1) is 5.52 Å². The Labute approximate surface area is 141 Å². The van der Waals surface area contributed by atoms with E-state index in [4.69, 9.17) is 8.94 Å². The lowest BCUT2D eigenvalue weighted by molar-refractivity contribution is 0.432. The number of nitrogens with zero attached hydrogens (tertiary/aromatic N) is 3. The van der Waals surface area contributed by atoms with Gasteiger partial charge in [-0.1, -0.05) is 5.16 Å². The molecule has 25 heavy (non-hydrogen) atoms. The highest BCUT2D eigenvalue weighted by atomic mass is 19.1. The molecule has 0 aliphatic rings. The number of rotatable bonds is 3. The molecule has 0 N–H and O–H groups in total. The van der Waals surface area contributed by atoms with Crippen LogP contribution < -0.4 is 5.76 Å². The van der Waals surface area contributed by atoms with Crippen molar-refractivity contribution in [3.63, 3.8) is 0 Å². The lowest BCUT2D eigenvalue weighted by Gasteiger charge is -2.04. The largest absolute Gasteiger partial charge is 0.420 e. The van der Waals surface area contributed by atoms with Crippen LogP contribution in [0.3, 0.4) is 0 Å². The van der Waals surface area contributed by atoms with E-state index in [0.29, 0.717) is 28.1 Å². The van der Waals surface area contributed by atoms with Crippen molar-refractivity contribution in [1.82, 2.24) is 14.7 Å². The van der Waals surface area contributed by atoms with Crippen molar-refractivity contribution >= 4 is 11.1 Å². The first-order valence-electron chi connectivity index (χ1n) is 7.78. The zero-order valence-corrected chi connectivity index (χ0v) is 13.6. The highest BCUT2D eigenvalue weighted by Crippen LogP contribution is 2.26. The van der Waals surface area contributed by atoms with Crippen molar-refractivity contribution in [3.8, 4) is 22.8 Å². The number of benzene rings is 2. The fraction of sp³-hybridized carbons (Fsp3) is 0.167. The monoisotopic (exact) mass is 339 g/mol. The first kappa shape index (κ1) is 15.3. The quantitative estimate of drug-likeness (QED) is 0.563. The van der Waals surface area contributed by atoms with E-state index >= 15 is 0 Å².